The maximum atomic E-state index is 12.2. The summed E-state index contributed by atoms with van der Waals surface area (Å²) in [5.41, 5.74) is 1.13. The maximum Gasteiger partial charge on any atom is 0.270 e. The SMILES string of the molecule is COc1ccc([N+](=O)[O-])cc1C(=O)NCc1cccc(C#N)c1. The Morgan fingerprint density at radius 3 is 2.78 bits per heavy atom. The number of nitrogens with zero attached hydrogens (tertiary/aromatic N) is 2. The molecule has 0 bridgehead atoms. The van der Waals surface area contributed by atoms with Gasteiger partial charge in [0.1, 0.15) is 5.75 Å². The fourth-order valence-electron chi connectivity index (χ4n) is 2.02. The molecule has 0 atom stereocenters. The van der Waals surface area contributed by atoms with Gasteiger partial charge in [-0.15, -0.1) is 0 Å². The highest BCUT2D eigenvalue weighted by atomic mass is 16.6. The smallest absolute Gasteiger partial charge is 0.270 e. The van der Waals surface area contributed by atoms with E-state index in [-0.39, 0.29) is 23.5 Å². The summed E-state index contributed by atoms with van der Waals surface area (Å²) in [5, 5.41) is 22.3. The second kappa shape index (κ2) is 7.04. The van der Waals surface area contributed by atoms with Gasteiger partial charge in [0, 0.05) is 18.7 Å². The number of nitriles is 1. The van der Waals surface area contributed by atoms with Crippen molar-refractivity contribution in [2.24, 2.45) is 0 Å². The second-order valence-corrected chi connectivity index (χ2v) is 4.64. The van der Waals surface area contributed by atoms with Crippen LogP contribution in [0.1, 0.15) is 21.5 Å². The monoisotopic (exact) mass is 311 g/mol. The third kappa shape index (κ3) is 3.83. The van der Waals surface area contributed by atoms with Crippen molar-refractivity contribution in [3.8, 4) is 11.8 Å². The largest absolute Gasteiger partial charge is 0.496 e. The number of carbonyl (C=O) groups excluding carboxylic acids is 1. The average Bonchev–Trinajstić information content (AvgIpc) is 2.59. The van der Waals surface area contributed by atoms with E-state index in [0.29, 0.717) is 5.56 Å². The molecule has 1 amide bonds. The lowest BCUT2D eigenvalue weighted by Gasteiger charge is -2.09. The van der Waals surface area contributed by atoms with Crippen LogP contribution in [0.3, 0.4) is 0 Å². The van der Waals surface area contributed by atoms with E-state index in [9.17, 15) is 14.9 Å². The Labute approximate surface area is 132 Å². The molecule has 0 fully saturated rings. The highest BCUT2D eigenvalue weighted by Crippen LogP contribution is 2.23. The minimum atomic E-state index is -0.577. The quantitative estimate of drug-likeness (QED) is 0.674. The number of non-ortho nitro benzene ring substituents is 1. The van der Waals surface area contributed by atoms with Crippen molar-refractivity contribution in [2.45, 2.75) is 6.54 Å². The molecule has 0 aliphatic rings. The van der Waals surface area contributed by atoms with Gasteiger partial charge in [0.2, 0.25) is 0 Å². The molecule has 0 saturated heterocycles. The Morgan fingerprint density at radius 1 is 1.35 bits per heavy atom. The zero-order valence-corrected chi connectivity index (χ0v) is 12.3. The highest BCUT2D eigenvalue weighted by Gasteiger charge is 2.17. The van der Waals surface area contributed by atoms with Gasteiger partial charge in [-0.05, 0) is 23.8 Å². The predicted octanol–water partition coefficient (Wildman–Crippen LogP) is 2.41. The molecule has 0 saturated carbocycles. The first kappa shape index (κ1) is 16.0. The predicted molar refractivity (Wildman–Crippen MR) is 82.0 cm³/mol. The van der Waals surface area contributed by atoms with Gasteiger partial charge in [0.25, 0.3) is 11.6 Å². The normalized spacial score (nSPS) is 9.74. The summed E-state index contributed by atoms with van der Waals surface area (Å²) in [4.78, 5) is 22.5. The molecular weight excluding hydrogens is 298 g/mol. The molecule has 7 nitrogen and oxygen atoms in total. The summed E-state index contributed by atoms with van der Waals surface area (Å²) in [6, 6.07) is 12.6. The summed E-state index contributed by atoms with van der Waals surface area (Å²) < 4.78 is 5.06. The van der Waals surface area contributed by atoms with Crippen molar-refractivity contribution in [2.75, 3.05) is 7.11 Å². The molecule has 0 aromatic heterocycles. The highest BCUT2D eigenvalue weighted by molar-refractivity contribution is 5.97. The zero-order valence-electron chi connectivity index (χ0n) is 12.3. The fraction of sp³-hybridized carbons (Fsp3) is 0.125. The van der Waals surface area contributed by atoms with Crippen LogP contribution in [0.2, 0.25) is 0 Å². The Hall–Kier alpha value is -3.40. The van der Waals surface area contributed by atoms with Gasteiger partial charge in [0.05, 0.1) is 29.2 Å². The Morgan fingerprint density at radius 2 is 2.13 bits per heavy atom. The van der Waals surface area contributed by atoms with Crippen molar-refractivity contribution < 1.29 is 14.5 Å². The van der Waals surface area contributed by atoms with Crippen molar-refractivity contribution in [1.82, 2.24) is 5.32 Å². The van der Waals surface area contributed by atoms with E-state index in [2.05, 4.69) is 5.32 Å². The minimum absolute atomic E-state index is 0.0816. The standard InChI is InChI=1S/C16H13N3O4/c1-23-15-6-5-13(19(21)22)8-14(15)16(20)18-10-12-4-2-3-11(7-12)9-17/h2-8H,10H2,1H3,(H,18,20). The van der Waals surface area contributed by atoms with Crippen molar-refractivity contribution >= 4 is 11.6 Å². The van der Waals surface area contributed by atoms with E-state index < -0.39 is 10.8 Å². The van der Waals surface area contributed by atoms with Crippen LogP contribution in [0.5, 0.6) is 5.75 Å². The summed E-state index contributed by atoms with van der Waals surface area (Å²) in [6.45, 7) is 0.195. The van der Waals surface area contributed by atoms with Crippen LogP contribution in [-0.4, -0.2) is 17.9 Å². The number of nitro groups is 1. The molecule has 0 aliphatic heterocycles. The number of methoxy groups -OCH3 is 1. The summed E-state index contributed by atoms with van der Waals surface area (Å²) >= 11 is 0. The van der Waals surface area contributed by atoms with Gasteiger partial charge in [0.15, 0.2) is 0 Å². The van der Waals surface area contributed by atoms with Crippen LogP contribution in [0.4, 0.5) is 5.69 Å². The van der Waals surface area contributed by atoms with Crippen molar-refractivity contribution in [1.29, 1.82) is 5.26 Å². The lowest BCUT2D eigenvalue weighted by Crippen LogP contribution is -2.23. The third-order valence-electron chi connectivity index (χ3n) is 3.15. The van der Waals surface area contributed by atoms with Gasteiger partial charge < -0.3 is 10.1 Å². The van der Waals surface area contributed by atoms with E-state index >= 15 is 0 Å². The van der Waals surface area contributed by atoms with E-state index in [4.69, 9.17) is 10.00 Å². The Balaban J connectivity index is 2.18. The molecule has 23 heavy (non-hydrogen) atoms. The molecule has 0 heterocycles. The average molecular weight is 311 g/mol. The van der Waals surface area contributed by atoms with Crippen molar-refractivity contribution in [3.05, 3.63) is 69.3 Å². The van der Waals surface area contributed by atoms with E-state index in [1.54, 1.807) is 24.3 Å². The molecule has 116 valence electrons. The first-order chi connectivity index (χ1) is 11.0. The third-order valence-corrected chi connectivity index (χ3v) is 3.15. The fourth-order valence-corrected chi connectivity index (χ4v) is 2.02. The van der Waals surface area contributed by atoms with Gasteiger partial charge in [-0.25, -0.2) is 0 Å². The summed E-state index contributed by atoms with van der Waals surface area (Å²) in [6.07, 6.45) is 0. The van der Waals surface area contributed by atoms with Crippen LogP contribution in [-0.2, 0) is 6.54 Å². The van der Waals surface area contributed by atoms with Crippen LogP contribution < -0.4 is 10.1 Å². The van der Waals surface area contributed by atoms with Crippen LogP contribution in [0.15, 0.2) is 42.5 Å². The molecule has 0 radical (unpaired) electrons. The number of nitrogens with one attached hydrogen (secondary N) is 1. The zero-order chi connectivity index (χ0) is 16.8. The number of nitro benzene ring substituents is 1. The topological polar surface area (TPSA) is 105 Å². The first-order valence-corrected chi connectivity index (χ1v) is 6.65. The molecular formula is C16H13N3O4. The molecule has 0 unspecified atom stereocenters. The van der Waals surface area contributed by atoms with Gasteiger partial charge in [-0.2, -0.15) is 5.26 Å². The van der Waals surface area contributed by atoms with Gasteiger partial charge in [-0.1, -0.05) is 12.1 Å². The van der Waals surface area contributed by atoms with E-state index in [1.165, 1.54) is 25.3 Å². The van der Waals surface area contributed by atoms with E-state index in [1.807, 2.05) is 6.07 Å². The Kier molecular flexibility index (Phi) is 4.89. The number of rotatable bonds is 5. The van der Waals surface area contributed by atoms with Gasteiger partial charge in [-0.3, -0.25) is 14.9 Å². The summed E-state index contributed by atoms with van der Waals surface area (Å²) in [7, 11) is 1.38. The van der Waals surface area contributed by atoms with E-state index in [0.717, 1.165) is 5.56 Å². The molecule has 2 aromatic rings. The molecule has 0 spiro atoms. The number of ether oxygens (including phenoxy) is 1. The first-order valence-electron chi connectivity index (χ1n) is 6.65. The maximum absolute atomic E-state index is 12.2. The summed E-state index contributed by atoms with van der Waals surface area (Å²) in [5.74, 6) is -0.244. The molecule has 1 N–H and O–H groups in total. The minimum Gasteiger partial charge on any atom is -0.496 e. The molecule has 7 heteroatoms. The second-order valence-electron chi connectivity index (χ2n) is 4.64. The lowest BCUT2D eigenvalue weighted by atomic mass is 10.1. The number of hydrogen-bond donors (Lipinski definition) is 1. The number of benzene rings is 2. The van der Waals surface area contributed by atoms with Crippen LogP contribution in [0.25, 0.3) is 0 Å². The number of hydrogen-bond acceptors (Lipinski definition) is 5. The van der Waals surface area contributed by atoms with Crippen LogP contribution in [0, 0.1) is 21.4 Å². The Bertz CT molecular complexity index is 796. The lowest BCUT2D eigenvalue weighted by molar-refractivity contribution is -0.384. The van der Waals surface area contributed by atoms with Crippen molar-refractivity contribution in [3.63, 3.8) is 0 Å². The van der Waals surface area contributed by atoms with Gasteiger partial charge >= 0.3 is 0 Å². The molecule has 0 aliphatic carbocycles. The van der Waals surface area contributed by atoms with Crippen LogP contribution >= 0.6 is 0 Å². The molecule has 2 aromatic carbocycles. The molecule has 2 rings (SSSR count). The number of amides is 1. The number of carbonyl (C=O) groups is 1.